The number of nitrogens with zero attached hydrogens (tertiary/aromatic N) is 2. The van der Waals surface area contributed by atoms with Crippen molar-refractivity contribution in [2.24, 2.45) is 11.8 Å². The summed E-state index contributed by atoms with van der Waals surface area (Å²) in [6.45, 7) is 4.27. The maximum absolute atomic E-state index is 13.5. The van der Waals surface area contributed by atoms with Crippen molar-refractivity contribution in [3.05, 3.63) is 66.2 Å². The highest BCUT2D eigenvalue weighted by Crippen LogP contribution is 2.40. The van der Waals surface area contributed by atoms with Gasteiger partial charge in [0.2, 0.25) is 5.91 Å². The zero-order chi connectivity index (χ0) is 21.5. The van der Waals surface area contributed by atoms with E-state index >= 15 is 0 Å². The lowest BCUT2D eigenvalue weighted by molar-refractivity contribution is -0.123. The van der Waals surface area contributed by atoms with Gasteiger partial charge in [-0.3, -0.25) is 4.79 Å². The third-order valence-electron chi connectivity index (χ3n) is 6.86. The molecular formula is C27H39ClN2O. The van der Waals surface area contributed by atoms with Crippen LogP contribution in [0.15, 0.2) is 60.7 Å². The van der Waals surface area contributed by atoms with Crippen LogP contribution in [0.1, 0.15) is 64.0 Å². The molecule has 0 saturated heterocycles. The summed E-state index contributed by atoms with van der Waals surface area (Å²) >= 11 is 0. The summed E-state index contributed by atoms with van der Waals surface area (Å²) in [5, 5.41) is 0. The van der Waals surface area contributed by atoms with Crippen molar-refractivity contribution in [1.29, 1.82) is 0 Å². The number of hydrogen-bond donors (Lipinski definition) is 0. The molecule has 0 aromatic heterocycles. The van der Waals surface area contributed by atoms with E-state index in [0.29, 0.717) is 23.9 Å². The first-order chi connectivity index (χ1) is 14.6. The quantitative estimate of drug-likeness (QED) is 0.452. The van der Waals surface area contributed by atoms with E-state index in [1.807, 2.05) is 18.2 Å². The molecule has 0 heterocycles. The van der Waals surface area contributed by atoms with Crippen LogP contribution in [0, 0.1) is 11.8 Å². The lowest BCUT2D eigenvalue weighted by Gasteiger charge is -2.42. The smallest absolute Gasteiger partial charge is 0.230 e. The van der Waals surface area contributed by atoms with Crippen LogP contribution in [0.3, 0.4) is 0 Å². The minimum absolute atomic E-state index is 0. The molecule has 31 heavy (non-hydrogen) atoms. The molecule has 1 unspecified atom stereocenters. The van der Waals surface area contributed by atoms with Crippen LogP contribution in [-0.2, 0) is 4.79 Å². The number of benzene rings is 2. The van der Waals surface area contributed by atoms with Gasteiger partial charge in [-0.2, -0.15) is 0 Å². The summed E-state index contributed by atoms with van der Waals surface area (Å²) < 4.78 is 0. The number of para-hydroxylation sites is 1. The van der Waals surface area contributed by atoms with Gasteiger partial charge in [-0.15, -0.1) is 12.4 Å². The molecule has 2 aromatic rings. The van der Waals surface area contributed by atoms with E-state index < -0.39 is 0 Å². The van der Waals surface area contributed by atoms with Crippen molar-refractivity contribution >= 4 is 24.0 Å². The van der Waals surface area contributed by atoms with E-state index in [0.717, 1.165) is 44.2 Å². The molecule has 1 atom stereocenters. The van der Waals surface area contributed by atoms with Gasteiger partial charge in [0.1, 0.15) is 0 Å². The van der Waals surface area contributed by atoms with Gasteiger partial charge in [-0.25, -0.2) is 0 Å². The van der Waals surface area contributed by atoms with Crippen molar-refractivity contribution in [2.75, 3.05) is 19.0 Å². The minimum atomic E-state index is 0. The van der Waals surface area contributed by atoms with E-state index in [9.17, 15) is 4.79 Å². The average Bonchev–Trinajstić information content (AvgIpc) is 2.77. The molecule has 0 spiro atoms. The van der Waals surface area contributed by atoms with E-state index in [-0.39, 0.29) is 18.3 Å². The summed E-state index contributed by atoms with van der Waals surface area (Å²) in [4.78, 5) is 18.0. The average molecular weight is 443 g/mol. The molecule has 0 aliphatic heterocycles. The zero-order valence-electron chi connectivity index (χ0n) is 19.5. The highest BCUT2D eigenvalue weighted by molar-refractivity contribution is 5.95. The second-order valence-electron chi connectivity index (χ2n) is 8.94. The minimum Gasteiger partial charge on any atom is -0.309 e. The van der Waals surface area contributed by atoms with Gasteiger partial charge in [0.15, 0.2) is 0 Å². The summed E-state index contributed by atoms with van der Waals surface area (Å²) in [5.41, 5.74) is 2.46. The summed E-state index contributed by atoms with van der Waals surface area (Å²) in [7, 11) is 4.38. The van der Waals surface area contributed by atoms with E-state index in [4.69, 9.17) is 0 Å². The molecule has 170 valence electrons. The maximum Gasteiger partial charge on any atom is 0.230 e. The first kappa shape index (κ1) is 25.4. The van der Waals surface area contributed by atoms with Gasteiger partial charge in [-0.1, -0.05) is 62.4 Å². The van der Waals surface area contributed by atoms with Gasteiger partial charge >= 0.3 is 0 Å². The Bertz CT molecular complexity index is 768. The molecule has 3 nitrogen and oxygen atoms in total. The second-order valence-corrected chi connectivity index (χ2v) is 8.94. The number of rotatable bonds is 8. The number of carbonyl (C=O) groups excluding carboxylic acids is 1. The fourth-order valence-corrected chi connectivity index (χ4v) is 5.26. The Balaban J connectivity index is 0.00000341. The van der Waals surface area contributed by atoms with Crippen LogP contribution in [0.25, 0.3) is 0 Å². The van der Waals surface area contributed by atoms with Crippen LogP contribution < -0.4 is 4.90 Å². The number of halogens is 1. The predicted octanol–water partition coefficient (Wildman–Crippen LogP) is 6.74. The molecule has 2 aromatic carbocycles. The van der Waals surface area contributed by atoms with Crippen molar-refractivity contribution in [3.8, 4) is 0 Å². The van der Waals surface area contributed by atoms with Gasteiger partial charge in [0.05, 0.1) is 0 Å². The number of carbonyl (C=O) groups is 1. The van der Waals surface area contributed by atoms with Crippen molar-refractivity contribution in [2.45, 2.75) is 64.5 Å². The Kier molecular flexibility index (Phi) is 10.1. The topological polar surface area (TPSA) is 23.6 Å². The Labute approximate surface area is 195 Å². The van der Waals surface area contributed by atoms with E-state index in [2.05, 4.69) is 80.2 Å². The van der Waals surface area contributed by atoms with Crippen LogP contribution in [0.5, 0.6) is 0 Å². The second kappa shape index (κ2) is 12.3. The SMILES string of the molecule is CCC(CC)C(=O)N(c1ccccc1)C1CCC(C(c2ccccc2)N(C)C)CC1.Cl. The van der Waals surface area contributed by atoms with Gasteiger partial charge < -0.3 is 9.80 Å². The van der Waals surface area contributed by atoms with Crippen molar-refractivity contribution in [1.82, 2.24) is 4.90 Å². The van der Waals surface area contributed by atoms with Gasteiger partial charge in [0, 0.05) is 23.7 Å². The maximum atomic E-state index is 13.5. The fraction of sp³-hybridized carbons (Fsp3) is 0.519. The summed E-state index contributed by atoms with van der Waals surface area (Å²) in [5.74, 6) is 1.04. The first-order valence-corrected chi connectivity index (χ1v) is 11.7. The molecule has 4 heteroatoms. The van der Waals surface area contributed by atoms with E-state index in [1.165, 1.54) is 5.56 Å². The first-order valence-electron chi connectivity index (χ1n) is 11.7. The van der Waals surface area contributed by atoms with E-state index in [1.54, 1.807) is 0 Å². The molecule has 1 amide bonds. The van der Waals surface area contributed by atoms with Crippen LogP contribution in [0.4, 0.5) is 5.69 Å². The predicted molar refractivity (Wildman–Crippen MR) is 134 cm³/mol. The van der Waals surface area contributed by atoms with Gasteiger partial charge in [-0.05, 0) is 76.2 Å². The van der Waals surface area contributed by atoms with Crippen LogP contribution in [0.2, 0.25) is 0 Å². The molecule has 0 bridgehead atoms. The zero-order valence-corrected chi connectivity index (χ0v) is 20.4. The van der Waals surface area contributed by atoms with Crippen molar-refractivity contribution < 1.29 is 4.79 Å². The molecule has 1 aliphatic rings. The Hall–Kier alpha value is -1.84. The van der Waals surface area contributed by atoms with Crippen LogP contribution >= 0.6 is 12.4 Å². The molecule has 1 fully saturated rings. The third kappa shape index (κ3) is 6.11. The Morgan fingerprint density at radius 1 is 0.871 bits per heavy atom. The summed E-state index contributed by atoms with van der Waals surface area (Å²) in [6.07, 6.45) is 6.27. The van der Waals surface area contributed by atoms with Crippen molar-refractivity contribution in [3.63, 3.8) is 0 Å². The molecule has 3 rings (SSSR count). The molecule has 0 N–H and O–H groups in total. The number of hydrogen-bond acceptors (Lipinski definition) is 2. The Morgan fingerprint density at radius 3 is 1.87 bits per heavy atom. The molecule has 1 saturated carbocycles. The van der Waals surface area contributed by atoms with Gasteiger partial charge in [0.25, 0.3) is 0 Å². The standard InChI is InChI=1S/C27H38N2O.ClH/c1-5-21(6-2)27(30)29(24-15-11-8-12-16-24)25-19-17-23(18-20-25)26(28(3)4)22-13-9-7-10-14-22;/h7-16,21,23,25-26H,5-6,17-20H2,1-4H3;1H. The largest absolute Gasteiger partial charge is 0.309 e. The third-order valence-corrected chi connectivity index (χ3v) is 6.86. The molecular weight excluding hydrogens is 404 g/mol. The Morgan fingerprint density at radius 2 is 1.39 bits per heavy atom. The monoisotopic (exact) mass is 442 g/mol. The normalized spacial score (nSPS) is 19.7. The molecule has 1 aliphatic carbocycles. The lowest BCUT2D eigenvalue weighted by Crippen LogP contribution is -2.46. The van der Waals surface area contributed by atoms with Crippen LogP contribution in [-0.4, -0.2) is 30.9 Å². The number of amides is 1. The fourth-order valence-electron chi connectivity index (χ4n) is 5.26. The summed E-state index contributed by atoms with van der Waals surface area (Å²) in [6, 6.07) is 21.9. The number of anilines is 1. The molecule has 0 radical (unpaired) electrons. The lowest BCUT2D eigenvalue weighted by atomic mass is 9.78. The highest BCUT2D eigenvalue weighted by Gasteiger charge is 2.35. The highest BCUT2D eigenvalue weighted by atomic mass is 35.5.